The summed E-state index contributed by atoms with van der Waals surface area (Å²) in [4.78, 5) is 21.8. The summed E-state index contributed by atoms with van der Waals surface area (Å²) in [7, 11) is -2.12. The number of sulfone groups is 1. The number of ether oxygens (including phenoxy) is 1. The van der Waals surface area contributed by atoms with E-state index >= 15 is 0 Å². The smallest absolute Gasteiger partial charge is 0.337 e. The van der Waals surface area contributed by atoms with Crippen molar-refractivity contribution in [3.05, 3.63) is 29.8 Å². The predicted octanol–water partition coefficient (Wildman–Crippen LogP) is 1.84. The van der Waals surface area contributed by atoms with Crippen LogP contribution < -0.4 is 5.32 Å². The Morgan fingerprint density at radius 3 is 2.27 bits per heavy atom. The molecule has 0 aliphatic carbocycles. The standard InChI is InChI=1S/C14H18ClNO5S/c1-4-22(19,20)9-14(2,15)13(18)16-11-7-5-10(6-8-11)12(17)21-3/h5-8H,4,9H2,1-3H3,(H,16,18)/t14-/m1/s1. The lowest BCUT2D eigenvalue weighted by atomic mass is 10.1. The summed E-state index contributed by atoms with van der Waals surface area (Å²) >= 11 is 6.04. The second-order valence-corrected chi connectivity index (χ2v) is 8.08. The molecule has 8 heteroatoms. The number of rotatable bonds is 6. The molecule has 1 atom stereocenters. The Hall–Kier alpha value is -1.60. The minimum atomic E-state index is -3.39. The van der Waals surface area contributed by atoms with Crippen LogP contribution in [-0.4, -0.2) is 43.8 Å². The lowest BCUT2D eigenvalue weighted by Crippen LogP contribution is -2.41. The largest absolute Gasteiger partial charge is 0.465 e. The zero-order valence-corrected chi connectivity index (χ0v) is 14.1. The number of alkyl halides is 1. The van der Waals surface area contributed by atoms with Gasteiger partial charge in [0.15, 0.2) is 9.84 Å². The van der Waals surface area contributed by atoms with Crippen molar-refractivity contribution in [2.75, 3.05) is 23.9 Å². The Kier molecular flexibility index (Phi) is 5.96. The van der Waals surface area contributed by atoms with E-state index in [1.807, 2.05) is 0 Å². The van der Waals surface area contributed by atoms with E-state index in [4.69, 9.17) is 11.6 Å². The van der Waals surface area contributed by atoms with Gasteiger partial charge in [-0.15, -0.1) is 11.6 Å². The Bertz CT molecular complexity index is 652. The zero-order chi connectivity index (χ0) is 17.0. The maximum Gasteiger partial charge on any atom is 0.337 e. The molecule has 1 aromatic rings. The van der Waals surface area contributed by atoms with Gasteiger partial charge in [0.2, 0.25) is 5.91 Å². The van der Waals surface area contributed by atoms with Gasteiger partial charge in [0, 0.05) is 11.4 Å². The number of nitrogens with one attached hydrogen (secondary N) is 1. The maximum absolute atomic E-state index is 12.1. The Morgan fingerprint density at radius 1 is 1.27 bits per heavy atom. The second kappa shape index (κ2) is 7.11. The number of esters is 1. The first-order valence-corrected chi connectivity index (χ1v) is 8.70. The van der Waals surface area contributed by atoms with E-state index in [2.05, 4.69) is 10.1 Å². The van der Waals surface area contributed by atoms with Crippen LogP contribution in [0, 0.1) is 0 Å². The van der Waals surface area contributed by atoms with Gasteiger partial charge in [-0.25, -0.2) is 13.2 Å². The van der Waals surface area contributed by atoms with Gasteiger partial charge in [-0.3, -0.25) is 4.79 Å². The SMILES string of the molecule is CCS(=O)(=O)C[C@@](C)(Cl)C(=O)Nc1ccc(C(=O)OC)cc1. The molecule has 1 rings (SSSR count). The first-order chi connectivity index (χ1) is 10.1. The van der Waals surface area contributed by atoms with Gasteiger partial charge in [-0.1, -0.05) is 6.92 Å². The van der Waals surface area contributed by atoms with Gasteiger partial charge in [0.1, 0.15) is 4.87 Å². The van der Waals surface area contributed by atoms with E-state index in [1.54, 1.807) is 0 Å². The van der Waals surface area contributed by atoms with E-state index in [0.717, 1.165) is 0 Å². The van der Waals surface area contributed by atoms with E-state index in [1.165, 1.54) is 45.2 Å². The van der Waals surface area contributed by atoms with Gasteiger partial charge < -0.3 is 10.1 Å². The molecule has 0 saturated heterocycles. The van der Waals surface area contributed by atoms with Crippen molar-refractivity contribution in [1.29, 1.82) is 0 Å². The third kappa shape index (κ3) is 4.99. The molecular weight excluding hydrogens is 330 g/mol. The van der Waals surface area contributed by atoms with Crippen molar-refractivity contribution in [2.24, 2.45) is 0 Å². The molecule has 0 aliphatic heterocycles. The highest BCUT2D eigenvalue weighted by atomic mass is 35.5. The molecule has 0 spiro atoms. The van der Waals surface area contributed by atoms with E-state index in [0.29, 0.717) is 11.3 Å². The number of anilines is 1. The molecule has 1 aromatic carbocycles. The van der Waals surface area contributed by atoms with Crippen LogP contribution in [-0.2, 0) is 19.4 Å². The molecular formula is C14H18ClNO5S. The molecule has 0 aromatic heterocycles. The zero-order valence-electron chi connectivity index (χ0n) is 12.6. The Balaban J connectivity index is 2.81. The molecule has 22 heavy (non-hydrogen) atoms. The highest BCUT2D eigenvalue weighted by Crippen LogP contribution is 2.21. The van der Waals surface area contributed by atoms with E-state index in [-0.39, 0.29) is 5.75 Å². The maximum atomic E-state index is 12.1. The van der Waals surface area contributed by atoms with Crippen LogP contribution in [0.1, 0.15) is 24.2 Å². The Morgan fingerprint density at radius 2 is 1.82 bits per heavy atom. The highest BCUT2D eigenvalue weighted by molar-refractivity contribution is 7.91. The average molecular weight is 348 g/mol. The normalized spacial score (nSPS) is 14.0. The number of benzene rings is 1. The molecule has 122 valence electrons. The number of halogens is 1. The van der Waals surface area contributed by atoms with Crippen molar-refractivity contribution < 1.29 is 22.7 Å². The summed E-state index contributed by atoms with van der Waals surface area (Å²) in [6, 6.07) is 5.97. The first-order valence-electron chi connectivity index (χ1n) is 6.50. The summed E-state index contributed by atoms with van der Waals surface area (Å²) < 4.78 is 27.8. The minimum absolute atomic E-state index is 0.0869. The second-order valence-electron chi connectivity index (χ2n) is 4.90. The van der Waals surface area contributed by atoms with Crippen molar-refractivity contribution >= 4 is 39.0 Å². The summed E-state index contributed by atoms with van der Waals surface area (Å²) in [5, 5.41) is 2.53. The summed E-state index contributed by atoms with van der Waals surface area (Å²) in [6.45, 7) is 2.84. The summed E-state index contributed by atoms with van der Waals surface area (Å²) in [6.07, 6.45) is 0. The predicted molar refractivity (Wildman–Crippen MR) is 85.0 cm³/mol. The van der Waals surface area contributed by atoms with Crippen LogP contribution in [0.3, 0.4) is 0 Å². The lowest BCUT2D eigenvalue weighted by molar-refractivity contribution is -0.117. The number of hydrogen-bond donors (Lipinski definition) is 1. The third-order valence-electron chi connectivity index (χ3n) is 2.97. The monoisotopic (exact) mass is 347 g/mol. The van der Waals surface area contributed by atoms with Gasteiger partial charge in [-0.2, -0.15) is 0 Å². The molecule has 0 radical (unpaired) electrons. The topological polar surface area (TPSA) is 89.5 Å². The van der Waals surface area contributed by atoms with Crippen molar-refractivity contribution in [1.82, 2.24) is 0 Å². The van der Waals surface area contributed by atoms with Gasteiger partial charge in [0.25, 0.3) is 0 Å². The number of carbonyl (C=O) groups excluding carboxylic acids is 2. The first kappa shape index (κ1) is 18.4. The van der Waals surface area contributed by atoms with Crippen molar-refractivity contribution in [2.45, 2.75) is 18.7 Å². The Labute approximate surface area is 134 Å². The van der Waals surface area contributed by atoms with Crippen LogP contribution in [0.2, 0.25) is 0 Å². The highest BCUT2D eigenvalue weighted by Gasteiger charge is 2.35. The lowest BCUT2D eigenvalue weighted by Gasteiger charge is -2.20. The molecule has 0 unspecified atom stereocenters. The van der Waals surface area contributed by atoms with Gasteiger partial charge in [0.05, 0.1) is 18.4 Å². The summed E-state index contributed by atoms with van der Waals surface area (Å²) in [5.74, 6) is -1.66. The molecule has 0 heterocycles. The van der Waals surface area contributed by atoms with Crippen LogP contribution in [0.15, 0.2) is 24.3 Å². The average Bonchev–Trinajstić information content (AvgIpc) is 2.46. The van der Waals surface area contributed by atoms with Crippen molar-refractivity contribution in [3.63, 3.8) is 0 Å². The molecule has 0 aliphatic rings. The van der Waals surface area contributed by atoms with Crippen LogP contribution in [0.25, 0.3) is 0 Å². The van der Waals surface area contributed by atoms with E-state index in [9.17, 15) is 18.0 Å². The molecule has 0 fully saturated rings. The van der Waals surface area contributed by atoms with Gasteiger partial charge in [-0.05, 0) is 31.2 Å². The van der Waals surface area contributed by atoms with E-state index < -0.39 is 32.3 Å². The minimum Gasteiger partial charge on any atom is -0.465 e. The number of hydrogen-bond acceptors (Lipinski definition) is 5. The number of methoxy groups -OCH3 is 1. The number of carbonyl (C=O) groups is 2. The fourth-order valence-corrected chi connectivity index (χ4v) is 3.36. The summed E-state index contributed by atoms with van der Waals surface area (Å²) in [5.41, 5.74) is 0.737. The number of amides is 1. The van der Waals surface area contributed by atoms with Crippen LogP contribution >= 0.6 is 11.6 Å². The van der Waals surface area contributed by atoms with Crippen LogP contribution in [0.4, 0.5) is 5.69 Å². The van der Waals surface area contributed by atoms with Crippen LogP contribution in [0.5, 0.6) is 0 Å². The fourth-order valence-electron chi connectivity index (χ4n) is 1.65. The van der Waals surface area contributed by atoms with Crippen molar-refractivity contribution in [3.8, 4) is 0 Å². The fraction of sp³-hybridized carbons (Fsp3) is 0.429. The molecule has 1 amide bonds. The quantitative estimate of drug-likeness (QED) is 0.626. The molecule has 1 N–H and O–H groups in total. The molecule has 0 saturated carbocycles. The van der Waals surface area contributed by atoms with Gasteiger partial charge >= 0.3 is 5.97 Å². The molecule has 6 nitrogen and oxygen atoms in total. The molecule has 0 bridgehead atoms. The third-order valence-corrected chi connectivity index (χ3v) is 5.33.